The molecular formula is C39H54. The Morgan fingerprint density at radius 1 is 1.08 bits per heavy atom. The van der Waals surface area contributed by atoms with Gasteiger partial charge in [0.1, 0.15) is 0 Å². The van der Waals surface area contributed by atoms with Crippen molar-refractivity contribution < 1.29 is 0 Å². The van der Waals surface area contributed by atoms with Crippen LogP contribution in [0.1, 0.15) is 123 Å². The van der Waals surface area contributed by atoms with Gasteiger partial charge < -0.3 is 0 Å². The molecule has 0 heterocycles. The Bertz CT molecular complexity index is 1350. The predicted octanol–water partition coefficient (Wildman–Crippen LogP) is 11.6. The quantitative estimate of drug-likeness (QED) is 0.257. The molecule has 1 aromatic rings. The summed E-state index contributed by atoms with van der Waals surface area (Å²) in [6.45, 7) is 44.6. The number of unbranched alkanes of at least 4 members (excludes halogenated alkanes) is 1. The highest BCUT2D eigenvalue weighted by Crippen LogP contribution is 2.74. The summed E-state index contributed by atoms with van der Waals surface area (Å²) in [5, 5.41) is 0. The van der Waals surface area contributed by atoms with E-state index < -0.39 is 0 Å². The monoisotopic (exact) mass is 522 g/mol. The van der Waals surface area contributed by atoms with Gasteiger partial charge in [0.05, 0.1) is 0 Å². The maximum absolute atomic E-state index is 4.92. The zero-order chi connectivity index (χ0) is 29.5. The molecule has 5 atom stereocenters. The first-order chi connectivity index (χ1) is 17.9. The van der Waals surface area contributed by atoms with Crippen LogP contribution in [0.2, 0.25) is 0 Å². The normalized spacial score (nSPS) is 32.6. The summed E-state index contributed by atoms with van der Waals surface area (Å²) in [5.74, 6) is 0.846. The fourth-order valence-corrected chi connectivity index (χ4v) is 9.70. The first-order valence-corrected chi connectivity index (χ1v) is 15.2. The third-order valence-corrected chi connectivity index (χ3v) is 12.5. The number of benzene rings is 1. The van der Waals surface area contributed by atoms with Gasteiger partial charge >= 0.3 is 0 Å². The summed E-state index contributed by atoms with van der Waals surface area (Å²) in [7, 11) is 0. The van der Waals surface area contributed by atoms with Crippen LogP contribution in [0.4, 0.5) is 0 Å². The summed E-state index contributed by atoms with van der Waals surface area (Å²) >= 11 is 0. The Balaban J connectivity index is 2.00. The lowest BCUT2D eigenvalue weighted by molar-refractivity contribution is -0.0261. The van der Waals surface area contributed by atoms with Crippen LogP contribution in [-0.2, 0) is 5.41 Å². The Hall–Kier alpha value is -2.34. The average Bonchev–Trinajstić information content (AvgIpc) is 2.84. The zero-order valence-corrected chi connectivity index (χ0v) is 27.0. The van der Waals surface area contributed by atoms with E-state index in [0.29, 0.717) is 11.8 Å². The Morgan fingerprint density at radius 3 is 2.26 bits per heavy atom. The van der Waals surface area contributed by atoms with Gasteiger partial charge in [-0.25, -0.2) is 0 Å². The summed E-state index contributed by atoms with van der Waals surface area (Å²) in [6.07, 6.45) is 6.52. The number of hydrogen-bond acceptors (Lipinski definition) is 0. The van der Waals surface area contributed by atoms with Gasteiger partial charge in [0.2, 0.25) is 0 Å². The molecule has 0 bridgehead atoms. The van der Waals surface area contributed by atoms with E-state index in [-0.39, 0.29) is 21.7 Å². The lowest BCUT2D eigenvalue weighted by Crippen LogP contribution is -2.58. The van der Waals surface area contributed by atoms with E-state index in [1.807, 2.05) is 6.08 Å². The maximum atomic E-state index is 4.92. The van der Waals surface area contributed by atoms with Crippen molar-refractivity contribution in [3.05, 3.63) is 100 Å². The molecule has 0 saturated heterocycles. The van der Waals surface area contributed by atoms with Crippen LogP contribution in [0.15, 0.2) is 78.0 Å². The number of fused-ring (bicyclic) bond motifs is 3. The van der Waals surface area contributed by atoms with Crippen molar-refractivity contribution in [1.29, 1.82) is 0 Å². The molecule has 3 aliphatic carbocycles. The maximum Gasteiger partial charge on any atom is 0.0196 e. The molecule has 0 fully saturated rings. The van der Waals surface area contributed by atoms with Gasteiger partial charge in [0, 0.05) is 10.8 Å². The lowest BCUT2D eigenvalue weighted by atomic mass is 9.36. The van der Waals surface area contributed by atoms with Gasteiger partial charge in [-0.3, -0.25) is 0 Å². The molecule has 0 nitrogen and oxygen atoms in total. The van der Waals surface area contributed by atoms with E-state index >= 15 is 0 Å². The van der Waals surface area contributed by atoms with E-state index in [4.69, 9.17) is 13.2 Å². The Labute approximate surface area is 240 Å². The van der Waals surface area contributed by atoms with Gasteiger partial charge in [0.15, 0.2) is 0 Å². The second kappa shape index (κ2) is 9.36. The fourth-order valence-electron chi connectivity index (χ4n) is 9.70. The van der Waals surface area contributed by atoms with Gasteiger partial charge in [-0.2, -0.15) is 0 Å². The molecule has 4 rings (SSSR count). The van der Waals surface area contributed by atoms with Crippen molar-refractivity contribution in [3.63, 3.8) is 0 Å². The van der Waals surface area contributed by atoms with Gasteiger partial charge in [-0.15, -0.1) is 6.58 Å². The summed E-state index contributed by atoms with van der Waals surface area (Å²) in [4.78, 5) is 0. The van der Waals surface area contributed by atoms with Gasteiger partial charge in [-0.05, 0) is 121 Å². The molecule has 39 heavy (non-hydrogen) atoms. The number of allylic oxidation sites excluding steroid dienone is 8. The lowest BCUT2D eigenvalue weighted by Gasteiger charge is -2.67. The van der Waals surface area contributed by atoms with Gasteiger partial charge in [-0.1, -0.05) is 103 Å². The molecular weight excluding hydrogens is 468 g/mol. The first kappa shape index (κ1) is 29.6. The highest BCUT2D eigenvalue weighted by Gasteiger charge is 2.65. The molecule has 0 amide bonds. The summed E-state index contributed by atoms with van der Waals surface area (Å²) in [6, 6.07) is 4.89. The van der Waals surface area contributed by atoms with Crippen LogP contribution in [0.3, 0.4) is 0 Å². The minimum absolute atomic E-state index is 0.00283. The van der Waals surface area contributed by atoms with E-state index in [1.54, 1.807) is 0 Å². The first-order valence-electron chi connectivity index (χ1n) is 15.2. The molecule has 0 saturated carbocycles. The van der Waals surface area contributed by atoms with Crippen molar-refractivity contribution in [3.8, 4) is 0 Å². The molecule has 0 heteroatoms. The zero-order valence-electron chi connectivity index (χ0n) is 27.0. The fraction of sp³-hybridized carbons (Fsp3) is 0.538. The van der Waals surface area contributed by atoms with Crippen molar-refractivity contribution in [2.24, 2.45) is 22.2 Å². The Kier molecular flexibility index (Phi) is 7.11. The SMILES string of the molecule is C=CCCCC(C)(C)c1ccc2c(c1C)C(=C)C1=C(C)[C@@]3(C)C(=C)C(C(=C)C)=C(C)C[C@@]3(C)[C@H](C)[C@@]1(C)[C@@H]2C. The van der Waals surface area contributed by atoms with Crippen molar-refractivity contribution in [2.45, 2.75) is 113 Å². The van der Waals surface area contributed by atoms with Crippen LogP contribution in [0.25, 0.3) is 5.57 Å². The summed E-state index contributed by atoms with van der Waals surface area (Å²) in [5.41, 5.74) is 15.1. The third-order valence-electron chi connectivity index (χ3n) is 12.5. The minimum atomic E-state index is -0.148. The molecule has 210 valence electrons. The molecule has 0 aliphatic heterocycles. The number of hydrogen-bond donors (Lipinski definition) is 0. The predicted molar refractivity (Wildman–Crippen MR) is 173 cm³/mol. The molecule has 0 aromatic heterocycles. The molecule has 0 unspecified atom stereocenters. The topological polar surface area (TPSA) is 0 Å². The van der Waals surface area contributed by atoms with Crippen molar-refractivity contribution in [2.75, 3.05) is 0 Å². The number of rotatable bonds is 6. The smallest absolute Gasteiger partial charge is 0.0196 e. The second-order valence-electron chi connectivity index (χ2n) is 14.6. The largest absolute Gasteiger partial charge is 0.103 e. The minimum Gasteiger partial charge on any atom is -0.103 e. The standard InChI is InChI=1S/C39H54/c1-16-17-18-21-36(11,12)32-20-19-31-27(7)38(14)30(10)37(13)22-24(4)33(23(2)3)28(8)39(37,15)29(9)35(38)26(6)34(31)25(32)5/h16,19-20,27,30H,1-2,6,8,17-18,21-22H2,3-5,7,9-15H3/t27-,30+,37+,38-,39-/m1/s1. The summed E-state index contributed by atoms with van der Waals surface area (Å²) < 4.78 is 0. The molecule has 0 N–H and O–H groups in total. The van der Waals surface area contributed by atoms with Crippen LogP contribution >= 0.6 is 0 Å². The highest BCUT2D eigenvalue weighted by molar-refractivity contribution is 5.88. The second-order valence-corrected chi connectivity index (χ2v) is 14.6. The van der Waals surface area contributed by atoms with Crippen molar-refractivity contribution in [1.82, 2.24) is 0 Å². The third kappa shape index (κ3) is 3.69. The van der Waals surface area contributed by atoms with Crippen LogP contribution in [0.5, 0.6) is 0 Å². The van der Waals surface area contributed by atoms with E-state index in [2.05, 4.69) is 101 Å². The van der Waals surface area contributed by atoms with E-state index in [1.165, 1.54) is 62.1 Å². The highest BCUT2D eigenvalue weighted by atomic mass is 14.7. The average molecular weight is 523 g/mol. The Morgan fingerprint density at radius 2 is 1.69 bits per heavy atom. The van der Waals surface area contributed by atoms with E-state index in [9.17, 15) is 0 Å². The van der Waals surface area contributed by atoms with Crippen LogP contribution < -0.4 is 0 Å². The van der Waals surface area contributed by atoms with Crippen molar-refractivity contribution >= 4 is 5.57 Å². The van der Waals surface area contributed by atoms with Crippen LogP contribution in [0, 0.1) is 29.1 Å². The van der Waals surface area contributed by atoms with Crippen LogP contribution in [-0.4, -0.2) is 0 Å². The molecule has 1 aromatic carbocycles. The van der Waals surface area contributed by atoms with E-state index in [0.717, 1.165) is 24.8 Å². The molecule has 3 aliphatic rings. The molecule has 0 radical (unpaired) electrons. The molecule has 0 spiro atoms. The van der Waals surface area contributed by atoms with Gasteiger partial charge in [0.25, 0.3) is 0 Å².